The van der Waals surface area contributed by atoms with E-state index in [1.54, 1.807) is 16.8 Å². The maximum atomic E-state index is 12.3. The van der Waals surface area contributed by atoms with Gasteiger partial charge in [-0.3, -0.25) is 14.5 Å². The summed E-state index contributed by atoms with van der Waals surface area (Å²) in [6.45, 7) is 7.37. The number of carbonyl (C=O) groups excluding carboxylic acids is 2. The topological polar surface area (TPSA) is 43.9 Å². The minimum atomic E-state index is -0.314. The Morgan fingerprint density at radius 2 is 1.95 bits per heavy atom. The molecule has 22 heavy (non-hydrogen) atoms. The highest BCUT2D eigenvalue weighted by Crippen LogP contribution is 2.20. The van der Waals surface area contributed by atoms with E-state index >= 15 is 0 Å². The number of carbonyl (C=O) groups is 2. The van der Waals surface area contributed by atoms with Crippen molar-refractivity contribution in [2.24, 2.45) is 0 Å². The van der Waals surface area contributed by atoms with Gasteiger partial charge in [-0.25, -0.2) is 0 Å². The number of amides is 2. The Hall–Kier alpha value is -1.88. The molecule has 118 valence electrons. The van der Waals surface area contributed by atoms with Gasteiger partial charge in [0.05, 0.1) is 6.54 Å². The van der Waals surface area contributed by atoms with Crippen molar-refractivity contribution >= 4 is 11.8 Å². The van der Waals surface area contributed by atoms with E-state index in [1.165, 1.54) is 16.7 Å². The molecule has 1 aromatic rings. The van der Waals surface area contributed by atoms with Crippen LogP contribution < -0.4 is 0 Å². The first-order chi connectivity index (χ1) is 10.5. The molecule has 2 saturated heterocycles. The first-order valence-corrected chi connectivity index (χ1v) is 7.78. The third kappa shape index (κ3) is 2.73. The summed E-state index contributed by atoms with van der Waals surface area (Å²) in [5.41, 5.74) is 3.84. The average Bonchev–Trinajstić information content (AvgIpc) is 2.48. The van der Waals surface area contributed by atoms with Crippen LogP contribution >= 0.6 is 0 Å². The zero-order chi connectivity index (χ0) is 15.9. The number of hydrogen-bond donors (Lipinski definition) is 0. The van der Waals surface area contributed by atoms with Crippen molar-refractivity contribution in [2.75, 3.05) is 33.2 Å². The van der Waals surface area contributed by atoms with Crippen LogP contribution in [-0.2, 0) is 16.1 Å². The normalized spacial score (nSPS) is 23.0. The molecule has 0 bridgehead atoms. The number of nitrogens with zero attached hydrogens (tertiary/aromatic N) is 3. The molecule has 2 heterocycles. The van der Waals surface area contributed by atoms with Crippen LogP contribution in [0, 0.1) is 13.8 Å². The molecule has 0 unspecified atom stereocenters. The molecule has 5 heteroatoms. The van der Waals surface area contributed by atoms with Gasteiger partial charge in [-0.05, 0) is 25.0 Å². The Labute approximate surface area is 131 Å². The molecule has 2 fully saturated rings. The lowest BCUT2D eigenvalue weighted by Gasteiger charge is -2.45. The lowest BCUT2D eigenvalue weighted by atomic mass is 10.0. The van der Waals surface area contributed by atoms with Crippen LogP contribution in [0.4, 0.5) is 0 Å². The van der Waals surface area contributed by atoms with E-state index in [2.05, 4.69) is 36.9 Å². The van der Waals surface area contributed by atoms with E-state index in [4.69, 9.17) is 0 Å². The molecule has 0 spiro atoms. The highest BCUT2D eigenvalue weighted by atomic mass is 16.2. The number of rotatable bonds is 2. The van der Waals surface area contributed by atoms with Gasteiger partial charge in [-0.1, -0.05) is 23.8 Å². The molecule has 0 saturated carbocycles. The van der Waals surface area contributed by atoms with Crippen molar-refractivity contribution in [3.63, 3.8) is 0 Å². The fourth-order valence-corrected chi connectivity index (χ4v) is 3.38. The highest BCUT2D eigenvalue weighted by Gasteiger charge is 2.41. The predicted octanol–water partition coefficient (Wildman–Crippen LogP) is 0.788. The van der Waals surface area contributed by atoms with Crippen molar-refractivity contribution in [1.82, 2.24) is 14.7 Å². The van der Waals surface area contributed by atoms with Crippen LogP contribution in [0.3, 0.4) is 0 Å². The Morgan fingerprint density at radius 3 is 2.68 bits per heavy atom. The third-order valence-electron chi connectivity index (χ3n) is 4.71. The van der Waals surface area contributed by atoms with E-state index in [0.717, 1.165) is 13.1 Å². The summed E-state index contributed by atoms with van der Waals surface area (Å²) in [6.07, 6.45) is 0. The first-order valence-electron chi connectivity index (χ1n) is 7.78. The number of benzene rings is 1. The Morgan fingerprint density at radius 1 is 1.18 bits per heavy atom. The van der Waals surface area contributed by atoms with Crippen LogP contribution in [0.2, 0.25) is 0 Å². The lowest BCUT2D eigenvalue weighted by molar-refractivity contribution is -0.158. The fraction of sp³-hybridized carbons (Fsp3) is 0.529. The van der Waals surface area contributed by atoms with Crippen LogP contribution in [0.25, 0.3) is 0 Å². The van der Waals surface area contributed by atoms with Gasteiger partial charge in [-0.15, -0.1) is 0 Å². The minimum Gasteiger partial charge on any atom is -0.335 e. The Balaban J connectivity index is 1.73. The molecule has 0 aromatic heterocycles. The summed E-state index contributed by atoms with van der Waals surface area (Å²) in [4.78, 5) is 30.0. The summed E-state index contributed by atoms with van der Waals surface area (Å²) in [6, 6.07) is 6.17. The van der Waals surface area contributed by atoms with Gasteiger partial charge in [0.25, 0.3) is 0 Å². The minimum absolute atomic E-state index is 0.0601. The van der Waals surface area contributed by atoms with Crippen molar-refractivity contribution in [2.45, 2.75) is 26.4 Å². The largest absolute Gasteiger partial charge is 0.335 e. The molecule has 1 aromatic carbocycles. The maximum Gasteiger partial charge on any atom is 0.246 e. The molecule has 3 rings (SSSR count). The maximum absolute atomic E-state index is 12.3. The molecule has 0 N–H and O–H groups in total. The zero-order valence-corrected chi connectivity index (χ0v) is 13.5. The van der Waals surface area contributed by atoms with Crippen LogP contribution in [0.15, 0.2) is 18.2 Å². The van der Waals surface area contributed by atoms with E-state index < -0.39 is 0 Å². The van der Waals surface area contributed by atoms with E-state index in [0.29, 0.717) is 13.1 Å². The van der Waals surface area contributed by atoms with Gasteiger partial charge in [0.15, 0.2) is 0 Å². The van der Waals surface area contributed by atoms with E-state index in [9.17, 15) is 9.59 Å². The molecule has 2 aliphatic rings. The summed E-state index contributed by atoms with van der Waals surface area (Å²) in [5.74, 6) is 0.128. The molecule has 5 nitrogen and oxygen atoms in total. The highest BCUT2D eigenvalue weighted by molar-refractivity contribution is 5.95. The average molecular weight is 301 g/mol. The number of likely N-dealkylation sites (N-methyl/N-ethyl adjacent to an activating group) is 1. The summed E-state index contributed by atoms with van der Waals surface area (Å²) in [5, 5.41) is 0. The van der Waals surface area contributed by atoms with E-state index in [1.807, 2.05) is 0 Å². The Kier molecular flexibility index (Phi) is 3.91. The van der Waals surface area contributed by atoms with Gasteiger partial charge in [0, 0.05) is 33.2 Å². The standard InChI is InChI=1S/C17H23N3O2/c1-12-4-5-14(13(2)8-12)9-19-6-7-20-15(10-19)17(22)18(3)11-16(20)21/h4-5,8,15H,6-7,9-11H2,1-3H3/t15-/m1/s1. The number of fused-ring (bicyclic) bond motifs is 1. The van der Waals surface area contributed by atoms with Crippen LogP contribution in [-0.4, -0.2) is 65.8 Å². The SMILES string of the molecule is Cc1ccc(CN2CCN3C(=O)CN(C)C(=O)[C@H]3C2)c(C)c1. The van der Waals surface area contributed by atoms with E-state index in [-0.39, 0.29) is 24.4 Å². The number of piperazine rings is 2. The monoisotopic (exact) mass is 301 g/mol. The molecule has 1 atom stereocenters. The van der Waals surface area contributed by atoms with Crippen molar-refractivity contribution in [3.8, 4) is 0 Å². The molecular weight excluding hydrogens is 278 g/mol. The second-order valence-electron chi connectivity index (χ2n) is 6.46. The molecule has 2 amide bonds. The number of hydrogen-bond acceptors (Lipinski definition) is 3. The molecule has 0 aliphatic carbocycles. The van der Waals surface area contributed by atoms with Crippen LogP contribution in [0.5, 0.6) is 0 Å². The zero-order valence-electron chi connectivity index (χ0n) is 13.5. The van der Waals surface area contributed by atoms with Gasteiger partial charge in [0.2, 0.25) is 11.8 Å². The van der Waals surface area contributed by atoms with Gasteiger partial charge in [0.1, 0.15) is 6.04 Å². The molecule has 0 radical (unpaired) electrons. The smallest absolute Gasteiger partial charge is 0.246 e. The summed E-state index contributed by atoms with van der Waals surface area (Å²) >= 11 is 0. The predicted molar refractivity (Wildman–Crippen MR) is 84.3 cm³/mol. The lowest BCUT2D eigenvalue weighted by Crippen LogP contribution is -2.65. The quantitative estimate of drug-likeness (QED) is 0.811. The second kappa shape index (κ2) is 5.72. The fourth-order valence-electron chi connectivity index (χ4n) is 3.38. The van der Waals surface area contributed by atoms with Crippen molar-refractivity contribution < 1.29 is 9.59 Å². The van der Waals surface area contributed by atoms with Crippen LogP contribution in [0.1, 0.15) is 16.7 Å². The second-order valence-corrected chi connectivity index (χ2v) is 6.46. The summed E-state index contributed by atoms with van der Waals surface area (Å²) in [7, 11) is 1.71. The number of aryl methyl sites for hydroxylation is 2. The Bertz CT molecular complexity index is 614. The van der Waals surface area contributed by atoms with Crippen molar-refractivity contribution in [1.29, 1.82) is 0 Å². The third-order valence-corrected chi connectivity index (χ3v) is 4.71. The molecular formula is C17H23N3O2. The van der Waals surface area contributed by atoms with Gasteiger partial charge >= 0.3 is 0 Å². The molecule has 2 aliphatic heterocycles. The van der Waals surface area contributed by atoms with Gasteiger partial charge in [-0.2, -0.15) is 0 Å². The first kappa shape index (κ1) is 15.0. The van der Waals surface area contributed by atoms with Gasteiger partial charge < -0.3 is 9.80 Å². The summed E-state index contributed by atoms with van der Waals surface area (Å²) < 4.78 is 0. The van der Waals surface area contributed by atoms with Crippen molar-refractivity contribution in [3.05, 3.63) is 34.9 Å².